The number of aromatic nitrogens is 2. The number of nitrogens with zero attached hydrogens (tertiary/aromatic N) is 2. The van der Waals surface area contributed by atoms with Gasteiger partial charge in [-0.2, -0.15) is 0 Å². The van der Waals surface area contributed by atoms with Crippen LogP contribution in [-0.4, -0.2) is 9.55 Å². The lowest BCUT2D eigenvalue weighted by atomic mass is 10.2. The maximum Gasteiger partial charge on any atom is 0.129 e. The Balaban J connectivity index is 2.03. The van der Waals surface area contributed by atoms with Crippen LogP contribution in [0.4, 0.5) is 0 Å². The van der Waals surface area contributed by atoms with Gasteiger partial charge in [0.2, 0.25) is 0 Å². The molecule has 0 aliphatic rings. The maximum absolute atomic E-state index is 6.11. The standard InChI is InChI=1S/C17H13ClN2S/c1-11-2-4-15-14(8-11)19-17(10-18)20(15)13-3-5-16-12(9-13)6-7-21-16/h2-9H,10H2,1H3. The first-order valence-corrected chi connectivity index (χ1v) is 8.19. The van der Waals surface area contributed by atoms with Crippen LogP contribution >= 0.6 is 22.9 Å². The predicted molar refractivity (Wildman–Crippen MR) is 90.7 cm³/mol. The molecule has 0 spiro atoms. The molecule has 4 aromatic rings. The molecule has 0 unspecified atom stereocenters. The van der Waals surface area contributed by atoms with Crippen molar-refractivity contribution in [2.75, 3.05) is 0 Å². The van der Waals surface area contributed by atoms with Crippen molar-refractivity contribution in [1.82, 2.24) is 9.55 Å². The van der Waals surface area contributed by atoms with Crippen LogP contribution < -0.4 is 0 Å². The molecule has 2 heterocycles. The Morgan fingerprint density at radius 2 is 2.05 bits per heavy atom. The number of hydrogen-bond donors (Lipinski definition) is 0. The van der Waals surface area contributed by atoms with Crippen molar-refractivity contribution in [3.05, 3.63) is 59.2 Å². The minimum atomic E-state index is 0.398. The molecule has 104 valence electrons. The molecule has 0 saturated heterocycles. The maximum atomic E-state index is 6.11. The summed E-state index contributed by atoms with van der Waals surface area (Å²) in [5.74, 6) is 1.28. The Kier molecular flexibility index (Phi) is 2.98. The summed E-state index contributed by atoms with van der Waals surface area (Å²) in [4.78, 5) is 4.67. The molecular formula is C17H13ClN2S. The van der Waals surface area contributed by atoms with Gasteiger partial charge in [0, 0.05) is 10.4 Å². The van der Waals surface area contributed by atoms with Crippen LogP contribution in [0.2, 0.25) is 0 Å². The Bertz CT molecular complexity index is 952. The summed E-state index contributed by atoms with van der Waals surface area (Å²) in [6, 6.07) is 15.0. The number of halogens is 1. The molecule has 0 N–H and O–H groups in total. The number of thiophene rings is 1. The molecular weight excluding hydrogens is 300 g/mol. The van der Waals surface area contributed by atoms with Crippen LogP contribution in [0.25, 0.3) is 26.8 Å². The summed E-state index contributed by atoms with van der Waals surface area (Å²) >= 11 is 7.87. The lowest BCUT2D eigenvalue weighted by Gasteiger charge is -2.08. The predicted octanol–water partition coefficient (Wildman–Crippen LogP) is 5.29. The zero-order chi connectivity index (χ0) is 14.4. The molecule has 0 aliphatic heterocycles. The second kappa shape index (κ2) is 4.86. The van der Waals surface area contributed by atoms with Gasteiger partial charge in [-0.05, 0) is 59.7 Å². The number of imidazole rings is 1. The Morgan fingerprint density at radius 1 is 1.14 bits per heavy atom. The Labute approximate surface area is 131 Å². The van der Waals surface area contributed by atoms with E-state index in [1.165, 1.54) is 15.6 Å². The SMILES string of the molecule is Cc1ccc2c(c1)nc(CCl)n2-c1ccc2sccc2c1. The number of fused-ring (bicyclic) bond motifs is 2. The molecule has 0 bridgehead atoms. The molecule has 4 rings (SSSR count). The van der Waals surface area contributed by atoms with Crippen molar-refractivity contribution in [2.24, 2.45) is 0 Å². The van der Waals surface area contributed by atoms with E-state index in [9.17, 15) is 0 Å². The van der Waals surface area contributed by atoms with E-state index in [1.807, 2.05) is 0 Å². The van der Waals surface area contributed by atoms with Gasteiger partial charge in [-0.15, -0.1) is 22.9 Å². The molecule has 21 heavy (non-hydrogen) atoms. The number of rotatable bonds is 2. The second-order valence-electron chi connectivity index (χ2n) is 5.13. The van der Waals surface area contributed by atoms with Crippen LogP contribution in [0, 0.1) is 6.92 Å². The van der Waals surface area contributed by atoms with Crippen molar-refractivity contribution in [3.63, 3.8) is 0 Å². The first kappa shape index (κ1) is 12.9. The largest absolute Gasteiger partial charge is 0.295 e. The Hall–Kier alpha value is -1.84. The highest BCUT2D eigenvalue weighted by molar-refractivity contribution is 7.17. The average Bonchev–Trinajstić information content (AvgIpc) is 3.09. The van der Waals surface area contributed by atoms with Crippen LogP contribution in [0.5, 0.6) is 0 Å². The topological polar surface area (TPSA) is 17.8 Å². The Morgan fingerprint density at radius 3 is 2.90 bits per heavy atom. The summed E-state index contributed by atoms with van der Waals surface area (Å²) < 4.78 is 3.45. The van der Waals surface area contributed by atoms with Crippen LogP contribution in [-0.2, 0) is 5.88 Å². The fourth-order valence-electron chi connectivity index (χ4n) is 2.71. The van der Waals surface area contributed by atoms with Crippen LogP contribution in [0.3, 0.4) is 0 Å². The third-order valence-electron chi connectivity index (χ3n) is 3.69. The second-order valence-corrected chi connectivity index (χ2v) is 6.35. The number of hydrogen-bond acceptors (Lipinski definition) is 2. The van der Waals surface area contributed by atoms with Crippen LogP contribution in [0.15, 0.2) is 47.8 Å². The monoisotopic (exact) mass is 312 g/mol. The summed E-state index contributed by atoms with van der Waals surface area (Å²) in [6.07, 6.45) is 0. The van der Waals surface area contributed by atoms with Crippen molar-refractivity contribution in [2.45, 2.75) is 12.8 Å². The lowest BCUT2D eigenvalue weighted by molar-refractivity contribution is 0.984. The van der Waals surface area contributed by atoms with E-state index in [2.05, 4.69) is 64.3 Å². The summed E-state index contributed by atoms with van der Waals surface area (Å²) in [7, 11) is 0. The number of benzene rings is 2. The van der Waals surface area contributed by atoms with Gasteiger partial charge in [-0.25, -0.2) is 4.98 Å². The zero-order valence-electron chi connectivity index (χ0n) is 11.5. The number of alkyl halides is 1. The zero-order valence-corrected chi connectivity index (χ0v) is 13.1. The molecule has 0 amide bonds. The first-order valence-electron chi connectivity index (χ1n) is 6.78. The number of aryl methyl sites for hydroxylation is 1. The van der Waals surface area contributed by atoms with Gasteiger partial charge >= 0.3 is 0 Å². The third-order valence-corrected chi connectivity index (χ3v) is 4.83. The van der Waals surface area contributed by atoms with E-state index < -0.39 is 0 Å². The van der Waals surface area contributed by atoms with E-state index in [0.717, 1.165) is 22.5 Å². The fraction of sp³-hybridized carbons (Fsp3) is 0.118. The van der Waals surface area contributed by atoms with Gasteiger partial charge in [0.25, 0.3) is 0 Å². The third kappa shape index (κ3) is 2.04. The quantitative estimate of drug-likeness (QED) is 0.460. The van der Waals surface area contributed by atoms with E-state index in [0.29, 0.717) is 5.88 Å². The highest BCUT2D eigenvalue weighted by Gasteiger charge is 2.12. The molecule has 0 fully saturated rings. The van der Waals surface area contributed by atoms with Gasteiger partial charge in [-0.1, -0.05) is 6.07 Å². The van der Waals surface area contributed by atoms with E-state index in [4.69, 9.17) is 11.6 Å². The van der Waals surface area contributed by atoms with Gasteiger partial charge in [0.1, 0.15) is 5.82 Å². The molecule has 0 saturated carbocycles. The molecule has 2 aromatic carbocycles. The van der Waals surface area contributed by atoms with Crippen molar-refractivity contribution < 1.29 is 0 Å². The van der Waals surface area contributed by atoms with Crippen LogP contribution in [0.1, 0.15) is 11.4 Å². The summed E-state index contributed by atoms with van der Waals surface area (Å²) in [5.41, 5.74) is 4.42. The fourth-order valence-corrected chi connectivity index (χ4v) is 3.66. The van der Waals surface area contributed by atoms with E-state index in [-0.39, 0.29) is 0 Å². The molecule has 4 heteroatoms. The molecule has 2 nitrogen and oxygen atoms in total. The smallest absolute Gasteiger partial charge is 0.129 e. The van der Waals surface area contributed by atoms with Crippen molar-refractivity contribution in [3.8, 4) is 5.69 Å². The van der Waals surface area contributed by atoms with Gasteiger partial charge < -0.3 is 0 Å². The van der Waals surface area contributed by atoms with Gasteiger partial charge in [0.05, 0.1) is 16.9 Å². The van der Waals surface area contributed by atoms with Crippen molar-refractivity contribution >= 4 is 44.1 Å². The summed E-state index contributed by atoms with van der Waals surface area (Å²) in [6.45, 7) is 2.08. The lowest BCUT2D eigenvalue weighted by Crippen LogP contribution is -1.98. The van der Waals surface area contributed by atoms with Gasteiger partial charge in [0.15, 0.2) is 0 Å². The average molecular weight is 313 g/mol. The first-order chi connectivity index (χ1) is 10.3. The minimum absolute atomic E-state index is 0.398. The molecule has 0 aliphatic carbocycles. The van der Waals surface area contributed by atoms with Crippen molar-refractivity contribution in [1.29, 1.82) is 0 Å². The molecule has 0 radical (unpaired) electrons. The van der Waals surface area contributed by atoms with E-state index >= 15 is 0 Å². The molecule has 2 aromatic heterocycles. The normalized spacial score (nSPS) is 11.5. The van der Waals surface area contributed by atoms with E-state index in [1.54, 1.807) is 11.3 Å². The highest BCUT2D eigenvalue weighted by Crippen LogP contribution is 2.28. The highest BCUT2D eigenvalue weighted by atomic mass is 35.5. The minimum Gasteiger partial charge on any atom is -0.295 e. The molecule has 0 atom stereocenters. The summed E-state index contributed by atoms with van der Waals surface area (Å²) in [5, 5.41) is 3.37. The van der Waals surface area contributed by atoms with Gasteiger partial charge in [-0.3, -0.25) is 4.57 Å².